The van der Waals surface area contributed by atoms with Crippen molar-refractivity contribution in [1.82, 2.24) is 9.55 Å². The highest BCUT2D eigenvalue weighted by molar-refractivity contribution is 5.63. The fourth-order valence-corrected chi connectivity index (χ4v) is 2.01. The number of nitrogen functional groups attached to an aromatic ring is 1. The molecule has 0 spiro atoms. The van der Waals surface area contributed by atoms with E-state index in [2.05, 4.69) is 4.98 Å². The van der Waals surface area contributed by atoms with Gasteiger partial charge in [-0.25, -0.2) is 4.98 Å². The van der Waals surface area contributed by atoms with E-state index in [0.29, 0.717) is 0 Å². The van der Waals surface area contributed by atoms with Crippen molar-refractivity contribution in [3.8, 4) is 5.69 Å². The summed E-state index contributed by atoms with van der Waals surface area (Å²) in [7, 11) is 0. The Balaban J connectivity index is 2.59. The molecule has 0 unspecified atom stereocenters. The number of nitro groups is 1. The molecule has 0 aliphatic heterocycles. The van der Waals surface area contributed by atoms with Crippen LogP contribution in [0.25, 0.3) is 5.69 Å². The summed E-state index contributed by atoms with van der Waals surface area (Å²) in [5, 5.41) is 10.7. The van der Waals surface area contributed by atoms with E-state index in [1.165, 1.54) is 6.07 Å². The number of anilines is 1. The molecule has 0 radical (unpaired) electrons. The van der Waals surface area contributed by atoms with Gasteiger partial charge in [-0.2, -0.15) is 0 Å². The molecule has 94 valence electrons. The minimum absolute atomic E-state index is 0.0779. The number of nitro benzene ring substituents is 1. The summed E-state index contributed by atoms with van der Waals surface area (Å²) in [6.07, 6.45) is 0. The van der Waals surface area contributed by atoms with Crippen LogP contribution in [-0.4, -0.2) is 14.5 Å². The molecule has 0 aliphatic carbocycles. The number of hydrogen-bond donors (Lipinski definition) is 1. The molecule has 2 rings (SSSR count). The first kappa shape index (κ1) is 12.1. The lowest BCUT2D eigenvalue weighted by molar-refractivity contribution is -0.383. The predicted octanol–water partition coefficient (Wildman–Crippen LogP) is 2.29. The van der Waals surface area contributed by atoms with Gasteiger partial charge in [-0.15, -0.1) is 0 Å². The molecule has 0 atom stereocenters. The summed E-state index contributed by atoms with van der Waals surface area (Å²) in [6, 6.07) is 4.69. The molecular formula is C12H14N4O2. The van der Waals surface area contributed by atoms with Crippen LogP contribution in [0, 0.1) is 30.9 Å². The first-order valence-corrected chi connectivity index (χ1v) is 5.48. The van der Waals surface area contributed by atoms with Crippen molar-refractivity contribution in [1.29, 1.82) is 0 Å². The number of benzene rings is 1. The van der Waals surface area contributed by atoms with Crippen LogP contribution in [-0.2, 0) is 0 Å². The molecule has 2 N–H and O–H groups in total. The molecule has 0 bridgehead atoms. The van der Waals surface area contributed by atoms with Crippen LogP contribution >= 0.6 is 0 Å². The lowest BCUT2D eigenvalue weighted by atomic mass is 10.2. The van der Waals surface area contributed by atoms with Crippen LogP contribution in [0.1, 0.15) is 17.2 Å². The van der Waals surface area contributed by atoms with Crippen LogP contribution in [0.3, 0.4) is 0 Å². The fourth-order valence-electron chi connectivity index (χ4n) is 2.01. The van der Waals surface area contributed by atoms with Crippen molar-refractivity contribution in [3.63, 3.8) is 0 Å². The third-order valence-electron chi connectivity index (χ3n) is 2.98. The van der Waals surface area contributed by atoms with E-state index < -0.39 is 4.92 Å². The van der Waals surface area contributed by atoms with Gasteiger partial charge in [0.15, 0.2) is 0 Å². The van der Waals surface area contributed by atoms with Crippen LogP contribution < -0.4 is 5.73 Å². The number of rotatable bonds is 2. The highest BCUT2D eigenvalue weighted by Gasteiger charge is 2.14. The van der Waals surface area contributed by atoms with Gasteiger partial charge in [0, 0.05) is 17.4 Å². The van der Waals surface area contributed by atoms with Gasteiger partial charge in [0.25, 0.3) is 5.69 Å². The van der Waals surface area contributed by atoms with Crippen molar-refractivity contribution in [2.24, 2.45) is 0 Å². The van der Waals surface area contributed by atoms with Gasteiger partial charge >= 0.3 is 0 Å². The van der Waals surface area contributed by atoms with Gasteiger partial charge in [-0.1, -0.05) is 0 Å². The normalized spacial score (nSPS) is 10.6. The number of aryl methyl sites for hydroxylation is 2. The second-order valence-electron chi connectivity index (χ2n) is 4.17. The molecule has 6 nitrogen and oxygen atoms in total. The Labute approximate surface area is 104 Å². The van der Waals surface area contributed by atoms with Crippen molar-refractivity contribution >= 4 is 11.4 Å². The lowest BCUT2D eigenvalue weighted by Gasteiger charge is -2.09. The van der Waals surface area contributed by atoms with Gasteiger partial charge in [0.1, 0.15) is 11.5 Å². The molecule has 0 saturated carbocycles. The first-order chi connectivity index (χ1) is 8.41. The average molecular weight is 246 g/mol. The zero-order chi connectivity index (χ0) is 13.4. The highest BCUT2D eigenvalue weighted by Crippen LogP contribution is 2.26. The average Bonchev–Trinajstić information content (AvgIpc) is 2.52. The molecular weight excluding hydrogens is 232 g/mol. The maximum atomic E-state index is 10.7. The summed E-state index contributed by atoms with van der Waals surface area (Å²) >= 11 is 0. The Morgan fingerprint density at radius 1 is 1.33 bits per heavy atom. The van der Waals surface area contributed by atoms with Crippen molar-refractivity contribution < 1.29 is 4.92 Å². The quantitative estimate of drug-likeness (QED) is 0.500. The summed E-state index contributed by atoms with van der Waals surface area (Å²) in [5.74, 6) is 0.832. The Kier molecular flexibility index (Phi) is 2.78. The van der Waals surface area contributed by atoms with Gasteiger partial charge in [0.05, 0.1) is 10.6 Å². The van der Waals surface area contributed by atoms with Gasteiger partial charge in [0.2, 0.25) is 0 Å². The van der Waals surface area contributed by atoms with E-state index in [1.54, 1.807) is 12.1 Å². The monoisotopic (exact) mass is 246 g/mol. The summed E-state index contributed by atoms with van der Waals surface area (Å²) < 4.78 is 1.93. The summed E-state index contributed by atoms with van der Waals surface area (Å²) in [4.78, 5) is 14.6. The zero-order valence-electron chi connectivity index (χ0n) is 10.5. The van der Waals surface area contributed by atoms with Crippen LogP contribution in [0.5, 0.6) is 0 Å². The van der Waals surface area contributed by atoms with E-state index in [0.717, 1.165) is 22.9 Å². The van der Waals surface area contributed by atoms with Crippen molar-refractivity contribution in [2.45, 2.75) is 20.8 Å². The third-order valence-corrected chi connectivity index (χ3v) is 2.98. The molecule has 0 fully saturated rings. The Morgan fingerprint density at radius 2 is 2.00 bits per heavy atom. The van der Waals surface area contributed by atoms with Gasteiger partial charge < -0.3 is 10.3 Å². The lowest BCUT2D eigenvalue weighted by Crippen LogP contribution is -2.02. The largest absolute Gasteiger partial charge is 0.393 e. The van der Waals surface area contributed by atoms with E-state index in [1.807, 2.05) is 25.3 Å². The molecule has 0 saturated heterocycles. The summed E-state index contributed by atoms with van der Waals surface area (Å²) in [6.45, 7) is 5.76. The molecule has 0 aliphatic rings. The fraction of sp³-hybridized carbons (Fsp3) is 0.250. The van der Waals surface area contributed by atoms with Gasteiger partial charge in [-0.3, -0.25) is 10.1 Å². The molecule has 2 aromatic rings. The second kappa shape index (κ2) is 4.14. The Bertz CT molecular complexity index is 631. The number of nitrogens with two attached hydrogens (primary N) is 1. The number of hydrogen-bond acceptors (Lipinski definition) is 4. The maximum absolute atomic E-state index is 10.7. The summed E-state index contributed by atoms with van der Waals surface area (Å²) in [5.41, 5.74) is 8.49. The Morgan fingerprint density at radius 3 is 2.44 bits per heavy atom. The van der Waals surface area contributed by atoms with Crippen LogP contribution in [0.2, 0.25) is 0 Å². The number of nitrogens with zero attached hydrogens (tertiary/aromatic N) is 3. The first-order valence-electron chi connectivity index (χ1n) is 5.48. The van der Waals surface area contributed by atoms with E-state index in [-0.39, 0.29) is 11.4 Å². The third kappa shape index (κ3) is 1.81. The van der Waals surface area contributed by atoms with E-state index in [4.69, 9.17) is 5.73 Å². The van der Waals surface area contributed by atoms with Crippen LogP contribution in [0.15, 0.2) is 18.2 Å². The minimum Gasteiger partial charge on any atom is -0.393 e. The molecule has 1 heterocycles. The molecule has 0 amide bonds. The second-order valence-corrected chi connectivity index (χ2v) is 4.17. The zero-order valence-corrected chi connectivity index (χ0v) is 10.5. The van der Waals surface area contributed by atoms with Crippen molar-refractivity contribution in [2.75, 3.05) is 5.73 Å². The topological polar surface area (TPSA) is 87.0 Å². The molecule has 1 aromatic carbocycles. The number of imidazole rings is 1. The predicted molar refractivity (Wildman–Crippen MR) is 68.8 cm³/mol. The van der Waals surface area contributed by atoms with Crippen molar-refractivity contribution in [3.05, 3.63) is 45.5 Å². The van der Waals surface area contributed by atoms with Crippen LogP contribution in [0.4, 0.5) is 11.4 Å². The number of aromatic nitrogens is 2. The molecule has 1 aromatic heterocycles. The van der Waals surface area contributed by atoms with E-state index >= 15 is 0 Å². The van der Waals surface area contributed by atoms with E-state index in [9.17, 15) is 10.1 Å². The SMILES string of the molecule is Cc1nc(C)n(-c2ccc([N+](=O)[O-])c(N)c2)c1C. The highest BCUT2D eigenvalue weighted by atomic mass is 16.6. The standard InChI is InChI=1S/C12H14N4O2/c1-7-8(2)15(9(3)14-7)10-4-5-12(16(17)18)11(13)6-10/h4-6H,13H2,1-3H3. The maximum Gasteiger partial charge on any atom is 0.292 e. The molecule has 18 heavy (non-hydrogen) atoms. The smallest absolute Gasteiger partial charge is 0.292 e. The molecule has 6 heteroatoms. The van der Waals surface area contributed by atoms with Gasteiger partial charge in [-0.05, 0) is 32.9 Å². The Hall–Kier alpha value is -2.37. The minimum atomic E-state index is -0.488.